The molecular weight excluding hydrogens is 311 g/mol. The van der Waals surface area contributed by atoms with Gasteiger partial charge in [0.1, 0.15) is 0 Å². The second-order valence-corrected chi connectivity index (χ2v) is 5.37. The maximum atomic E-state index is 12.6. The Morgan fingerprint density at radius 1 is 1.30 bits per heavy atom. The molecule has 5 nitrogen and oxygen atoms in total. The summed E-state index contributed by atoms with van der Waals surface area (Å²) in [5.74, 6) is -0.724. The zero-order chi connectivity index (χ0) is 17.3. The van der Waals surface area contributed by atoms with E-state index in [9.17, 15) is 23.1 Å². The zero-order valence-corrected chi connectivity index (χ0v) is 12.6. The quantitative estimate of drug-likeness (QED) is 0.905. The Labute approximate surface area is 130 Å². The number of rotatable bonds is 4. The molecule has 0 bridgehead atoms. The van der Waals surface area contributed by atoms with Crippen LogP contribution in [0, 0.1) is 6.92 Å². The minimum Gasteiger partial charge on any atom is -0.379 e. The highest BCUT2D eigenvalue weighted by molar-refractivity contribution is 5.97. The summed E-state index contributed by atoms with van der Waals surface area (Å²) >= 11 is 0. The Bertz CT molecular complexity index is 708. The maximum Gasteiger partial charge on any atom is 0.418 e. The molecule has 0 unspecified atom stereocenters. The molecule has 0 aliphatic heterocycles. The molecule has 1 atom stereocenters. The number of carbonyl (C=O) groups excluding carboxylic acids is 1. The summed E-state index contributed by atoms with van der Waals surface area (Å²) in [4.78, 5) is 12.2. The van der Waals surface area contributed by atoms with Gasteiger partial charge < -0.3 is 10.4 Å². The van der Waals surface area contributed by atoms with Gasteiger partial charge in [0, 0.05) is 6.20 Å². The van der Waals surface area contributed by atoms with Crippen LogP contribution < -0.4 is 5.32 Å². The van der Waals surface area contributed by atoms with Gasteiger partial charge in [0.2, 0.25) is 0 Å². The molecular formula is C15H16F3N3O2. The van der Waals surface area contributed by atoms with Crippen LogP contribution in [0.4, 0.5) is 13.2 Å². The van der Waals surface area contributed by atoms with Crippen molar-refractivity contribution in [2.75, 3.05) is 6.54 Å². The van der Waals surface area contributed by atoms with Gasteiger partial charge >= 0.3 is 6.18 Å². The average molecular weight is 327 g/mol. The summed E-state index contributed by atoms with van der Waals surface area (Å²) < 4.78 is 39.3. The molecule has 0 fully saturated rings. The highest BCUT2D eigenvalue weighted by Crippen LogP contribution is 2.29. The minimum atomic E-state index is -4.83. The van der Waals surface area contributed by atoms with E-state index in [2.05, 4.69) is 10.4 Å². The van der Waals surface area contributed by atoms with E-state index in [1.165, 1.54) is 10.7 Å². The molecule has 2 rings (SSSR count). The largest absolute Gasteiger partial charge is 0.418 e. The standard InChI is InChI=1S/C15H16F3N3O2/c1-10-7-8-21(20-10)12-6-4-3-5-11(12)13(22)19-9-14(2,23)15(16,17)18/h3-8,23H,9H2,1-2H3,(H,19,22)/t14-/m1/s1. The first-order valence-electron chi connectivity index (χ1n) is 6.81. The molecule has 2 aromatic rings. The molecule has 2 N–H and O–H groups in total. The lowest BCUT2D eigenvalue weighted by Crippen LogP contribution is -2.51. The number of aryl methyl sites for hydroxylation is 1. The number of benzene rings is 1. The fourth-order valence-electron chi connectivity index (χ4n) is 1.86. The third-order valence-corrected chi connectivity index (χ3v) is 3.32. The van der Waals surface area contributed by atoms with Crippen molar-refractivity contribution in [2.24, 2.45) is 0 Å². The molecule has 0 aliphatic carbocycles. The van der Waals surface area contributed by atoms with Gasteiger partial charge in [0.25, 0.3) is 5.91 Å². The van der Waals surface area contributed by atoms with Gasteiger partial charge in [-0.2, -0.15) is 18.3 Å². The lowest BCUT2D eigenvalue weighted by molar-refractivity contribution is -0.249. The Balaban J connectivity index is 2.21. The fourth-order valence-corrected chi connectivity index (χ4v) is 1.86. The number of hydrogen-bond donors (Lipinski definition) is 2. The zero-order valence-electron chi connectivity index (χ0n) is 12.6. The van der Waals surface area contributed by atoms with Crippen LogP contribution in [-0.4, -0.2) is 39.1 Å². The first-order chi connectivity index (χ1) is 10.6. The normalized spacial score (nSPS) is 14.3. The number of nitrogens with zero attached hydrogens (tertiary/aromatic N) is 2. The number of nitrogens with one attached hydrogen (secondary N) is 1. The number of hydrogen-bond acceptors (Lipinski definition) is 3. The lowest BCUT2D eigenvalue weighted by atomic mass is 10.1. The van der Waals surface area contributed by atoms with Crippen LogP contribution in [0.5, 0.6) is 0 Å². The van der Waals surface area contributed by atoms with E-state index in [1.807, 2.05) is 0 Å². The lowest BCUT2D eigenvalue weighted by Gasteiger charge is -2.26. The second-order valence-electron chi connectivity index (χ2n) is 5.37. The molecule has 0 spiro atoms. The smallest absolute Gasteiger partial charge is 0.379 e. The number of alkyl halides is 3. The molecule has 0 saturated carbocycles. The Kier molecular flexibility index (Phi) is 4.46. The van der Waals surface area contributed by atoms with Crippen LogP contribution in [0.15, 0.2) is 36.5 Å². The van der Waals surface area contributed by atoms with Crippen molar-refractivity contribution in [3.05, 3.63) is 47.8 Å². The van der Waals surface area contributed by atoms with E-state index in [0.717, 1.165) is 5.69 Å². The van der Waals surface area contributed by atoms with Crippen LogP contribution in [0.1, 0.15) is 23.0 Å². The van der Waals surface area contributed by atoms with Crippen molar-refractivity contribution in [3.8, 4) is 5.69 Å². The second kappa shape index (κ2) is 6.04. The number of carbonyl (C=O) groups is 1. The Morgan fingerprint density at radius 2 is 1.96 bits per heavy atom. The minimum absolute atomic E-state index is 0.161. The van der Waals surface area contributed by atoms with Crippen LogP contribution in [0.2, 0.25) is 0 Å². The third kappa shape index (κ3) is 3.70. The molecule has 1 heterocycles. The van der Waals surface area contributed by atoms with Crippen LogP contribution in [0.3, 0.4) is 0 Å². The first kappa shape index (κ1) is 17.0. The molecule has 0 aliphatic rings. The van der Waals surface area contributed by atoms with Crippen LogP contribution in [0.25, 0.3) is 5.69 Å². The molecule has 1 aromatic heterocycles. The Hall–Kier alpha value is -2.35. The molecule has 23 heavy (non-hydrogen) atoms. The van der Waals surface area contributed by atoms with Gasteiger partial charge in [0.15, 0.2) is 5.60 Å². The van der Waals surface area contributed by atoms with E-state index in [0.29, 0.717) is 12.6 Å². The summed E-state index contributed by atoms with van der Waals surface area (Å²) in [5, 5.41) is 15.7. The van der Waals surface area contributed by atoms with E-state index < -0.39 is 24.2 Å². The van der Waals surface area contributed by atoms with Crippen molar-refractivity contribution in [3.63, 3.8) is 0 Å². The Morgan fingerprint density at radius 3 is 2.52 bits per heavy atom. The monoisotopic (exact) mass is 327 g/mol. The van der Waals surface area contributed by atoms with E-state index in [1.54, 1.807) is 37.4 Å². The predicted octanol–water partition coefficient (Wildman–Crippen LogP) is 2.22. The van der Waals surface area contributed by atoms with Gasteiger partial charge in [0.05, 0.1) is 23.5 Å². The molecule has 1 aromatic carbocycles. The topological polar surface area (TPSA) is 67.2 Å². The van der Waals surface area contributed by atoms with Crippen LogP contribution in [-0.2, 0) is 0 Å². The maximum absolute atomic E-state index is 12.6. The fraction of sp³-hybridized carbons (Fsp3) is 0.333. The molecule has 0 radical (unpaired) electrons. The van der Waals surface area contributed by atoms with Crippen LogP contribution >= 0.6 is 0 Å². The van der Waals surface area contributed by atoms with E-state index in [-0.39, 0.29) is 5.56 Å². The van der Waals surface area contributed by atoms with E-state index in [4.69, 9.17) is 0 Å². The molecule has 124 valence electrons. The highest BCUT2D eigenvalue weighted by Gasteiger charge is 2.49. The third-order valence-electron chi connectivity index (χ3n) is 3.32. The van der Waals surface area contributed by atoms with Crippen molar-refractivity contribution < 1.29 is 23.1 Å². The summed E-state index contributed by atoms with van der Waals surface area (Å²) in [6, 6.07) is 8.13. The van der Waals surface area contributed by atoms with Gasteiger partial charge in [-0.05, 0) is 32.0 Å². The van der Waals surface area contributed by atoms with Gasteiger partial charge in [-0.25, -0.2) is 4.68 Å². The number of halogens is 3. The molecule has 1 amide bonds. The number of aliphatic hydroxyl groups is 1. The summed E-state index contributed by atoms with van der Waals surface area (Å²) in [6.07, 6.45) is -3.19. The summed E-state index contributed by atoms with van der Waals surface area (Å²) in [7, 11) is 0. The summed E-state index contributed by atoms with van der Waals surface area (Å²) in [5.41, 5.74) is -1.67. The van der Waals surface area contributed by atoms with Crippen molar-refractivity contribution in [1.82, 2.24) is 15.1 Å². The SMILES string of the molecule is Cc1ccn(-c2ccccc2C(=O)NC[C@@](C)(O)C(F)(F)F)n1. The molecule has 8 heteroatoms. The van der Waals surface area contributed by atoms with Crippen molar-refractivity contribution in [2.45, 2.75) is 25.6 Å². The van der Waals surface area contributed by atoms with Gasteiger partial charge in [-0.15, -0.1) is 0 Å². The highest BCUT2D eigenvalue weighted by atomic mass is 19.4. The van der Waals surface area contributed by atoms with Crippen molar-refractivity contribution >= 4 is 5.91 Å². The number of para-hydroxylation sites is 1. The van der Waals surface area contributed by atoms with Gasteiger partial charge in [-0.1, -0.05) is 12.1 Å². The predicted molar refractivity (Wildman–Crippen MR) is 77.3 cm³/mol. The van der Waals surface area contributed by atoms with Gasteiger partial charge in [-0.3, -0.25) is 4.79 Å². The number of aromatic nitrogens is 2. The first-order valence-corrected chi connectivity index (χ1v) is 6.81. The van der Waals surface area contributed by atoms with E-state index >= 15 is 0 Å². The summed E-state index contributed by atoms with van der Waals surface area (Å²) in [6.45, 7) is 1.44. The molecule has 0 saturated heterocycles. The number of amides is 1. The average Bonchev–Trinajstić information content (AvgIpc) is 2.90. The van der Waals surface area contributed by atoms with Crippen molar-refractivity contribution in [1.29, 1.82) is 0 Å².